The summed E-state index contributed by atoms with van der Waals surface area (Å²) < 4.78 is 1.91. The third kappa shape index (κ3) is 2.59. The van der Waals surface area contributed by atoms with Crippen LogP contribution in [0.1, 0.15) is 5.56 Å². The summed E-state index contributed by atoms with van der Waals surface area (Å²) in [6.07, 6.45) is 3.22. The standard InChI is InChI=1S/C11H9Br2N3/c1-7-2-3-8(4-9(7)12)16-11-10(13)5-14-6-15-11/h2-6H,1H3,(H,14,15,16). The lowest BCUT2D eigenvalue weighted by molar-refractivity contribution is 1.15. The molecule has 82 valence electrons. The molecule has 0 amide bonds. The number of nitrogens with one attached hydrogen (secondary N) is 1. The first-order chi connectivity index (χ1) is 7.66. The number of hydrogen-bond donors (Lipinski definition) is 1. The van der Waals surface area contributed by atoms with Gasteiger partial charge in [0.15, 0.2) is 0 Å². The Bertz CT molecular complexity index is 514. The van der Waals surface area contributed by atoms with Crippen LogP contribution in [0.5, 0.6) is 0 Å². The highest BCUT2D eigenvalue weighted by Crippen LogP contribution is 2.25. The van der Waals surface area contributed by atoms with Gasteiger partial charge in [0, 0.05) is 16.4 Å². The molecule has 0 saturated carbocycles. The smallest absolute Gasteiger partial charge is 0.148 e. The van der Waals surface area contributed by atoms with Crippen molar-refractivity contribution in [3.63, 3.8) is 0 Å². The highest BCUT2D eigenvalue weighted by molar-refractivity contribution is 9.10. The first-order valence-electron chi connectivity index (χ1n) is 4.65. The van der Waals surface area contributed by atoms with Crippen LogP contribution in [0.3, 0.4) is 0 Å². The molecule has 0 spiro atoms. The molecule has 1 heterocycles. The van der Waals surface area contributed by atoms with Gasteiger partial charge in [-0.25, -0.2) is 9.97 Å². The van der Waals surface area contributed by atoms with E-state index >= 15 is 0 Å². The van der Waals surface area contributed by atoms with E-state index in [0.717, 1.165) is 20.5 Å². The first-order valence-corrected chi connectivity index (χ1v) is 6.24. The van der Waals surface area contributed by atoms with E-state index in [2.05, 4.69) is 54.1 Å². The molecular formula is C11H9Br2N3. The minimum Gasteiger partial charge on any atom is -0.339 e. The fraction of sp³-hybridized carbons (Fsp3) is 0.0909. The molecule has 0 radical (unpaired) electrons. The van der Waals surface area contributed by atoms with Gasteiger partial charge in [-0.2, -0.15) is 0 Å². The third-order valence-electron chi connectivity index (χ3n) is 2.10. The molecule has 0 saturated heterocycles. The van der Waals surface area contributed by atoms with Crippen LogP contribution in [0.4, 0.5) is 11.5 Å². The predicted octanol–water partition coefficient (Wildman–Crippen LogP) is 4.05. The van der Waals surface area contributed by atoms with Gasteiger partial charge in [0.1, 0.15) is 12.1 Å². The third-order valence-corrected chi connectivity index (χ3v) is 3.54. The molecule has 0 aliphatic carbocycles. The number of halogens is 2. The van der Waals surface area contributed by atoms with E-state index in [1.165, 1.54) is 11.9 Å². The summed E-state index contributed by atoms with van der Waals surface area (Å²) in [6.45, 7) is 2.05. The molecule has 2 aromatic rings. The molecule has 3 nitrogen and oxygen atoms in total. The van der Waals surface area contributed by atoms with Crippen LogP contribution in [0.25, 0.3) is 0 Å². The largest absolute Gasteiger partial charge is 0.339 e. The van der Waals surface area contributed by atoms with Crippen molar-refractivity contribution < 1.29 is 0 Å². The van der Waals surface area contributed by atoms with Crippen molar-refractivity contribution in [3.05, 3.63) is 45.2 Å². The van der Waals surface area contributed by atoms with Crippen molar-refractivity contribution in [1.82, 2.24) is 9.97 Å². The summed E-state index contributed by atoms with van der Waals surface area (Å²) in [5.74, 6) is 0.755. The van der Waals surface area contributed by atoms with Gasteiger partial charge >= 0.3 is 0 Å². The van der Waals surface area contributed by atoms with Crippen molar-refractivity contribution in [2.24, 2.45) is 0 Å². The molecule has 1 aromatic heterocycles. The maximum atomic E-state index is 4.14. The molecule has 0 aliphatic rings. The van der Waals surface area contributed by atoms with E-state index in [4.69, 9.17) is 0 Å². The van der Waals surface area contributed by atoms with Crippen molar-refractivity contribution in [2.45, 2.75) is 6.92 Å². The lowest BCUT2D eigenvalue weighted by Crippen LogP contribution is -1.95. The van der Waals surface area contributed by atoms with E-state index in [9.17, 15) is 0 Å². The highest BCUT2D eigenvalue weighted by Gasteiger charge is 2.02. The molecule has 0 bridgehead atoms. The Morgan fingerprint density at radius 2 is 2.00 bits per heavy atom. The lowest BCUT2D eigenvalue weighted by Gasteiger charge is -2.08. The Balaban J connectivity index is 2.28. The molecule has 2 rings (SSSR count). The quantitative estimate of drug-likeness (QED) is 0.894. The minimum absolute atomic E-state index is 0.755. The fourth-order valence-electron chi connectivity index (χ4n) is 1.21. The van der Waals surface area contributed by atoms with Gasteiger partial charge in [-0.3, -0.25) is 0 Å². The first kappa shape index (κ1) is 11.5. The average molecular weight is 343 g/mol. The summed E-state index contributed by atoms with van der Waals surface area (Å²) in [5, 5.41) is 3.21. The molecule has 0 fully saturated rings. The summed E-state index contributed by atoms with van der Waals surface area (Å²) in [7, 11) is 0. The number of nitrogens with zero attached hydrogens (tertiary/aromatic N) is 2. The second-order valence-corrected chi connectivity index (χ2v) is 5.02. The van der Waals surface area contributed by atoms with E-state index in [0.29, 0.717) is 0 Å². The van der Waals surface area contributed by atoms with Crippen molar-refractivity contribution >= 4 is 43.4 Å². The summed E-state index contributed by atoms with van der Waals surface area (Å²) in [4.78, 5) is 8.05. The Kier molecular flexibility index (Phi) is 3.56. The van der Waals surface area contributed by atoms with Crippen LogP contribution in [-0.4, -0.2) is 9.97 Å². The fourth-order valence-corrected chi connectivity index (χ4v) is 1.91. The number of hydrogen-bond acceptors (Lipinski definition) is 3. The number of benzene rings is 1. The van der Waals surface area contributed by atoms with Crippen LogP contribution in [0, 0.1) is 6.92 Å². The highest BCUT2D eigenvalue weighted by atomic mass is 79.9. The minimum atomic E-state index is 0.755. The van der Waals surface area contributed by atoms with Gasteiger partial charge in [0.05, 0.1) is 4.47 Å². The van der Waals surface area contributed by atoms with Crippen LogP contribution in [0.15, 0.2) is 39.7 Å². The van der Waals surface area contributed by atoms with Crippen LogP contribution < -0.4 is 5.32 Å². The normalized spacial score (nSPS) is 10.2. The van der Waals surface area contributed by atoms with Crippen LogP contribution >= 0.6 is 31.9 Å². The maximum Gasteiger partial charge on any atom is 0.148 e. The Labute approximate surface area is 111 Å². The van der Waals surface area contributed by atoms with E-state index in [1.807, 2.05) is 18.2 Å². The molecule has 1 N–H and O–H groups in total. The molecule has 0 aliphatic heterocycles. The zero-order chi connectivity index (χ0) is 11.5. The molecule has 16 heavy (non-hydrogen) atoms. The summed E-state index contributed by atoms with van der Waals surface area (Å²) >= 11 is 6.88. The Morgan fingerprint density at radius 3 is 2.69 bits per heavy atom. The summed E-state index contributed by atoms with van der Waals surface area (Å²) in [5.41, 5.74) is 2.18. The lowest BCUT2D eigenvalue weighted by atomic mass is 10.2. The van der Waals surface area contributed by atoms with Gasteiger partial charge in [0.25, 0.3) is 0 Å². The number of anilines is 2. The molecular weight excluding hydrogens is 334 g/mol. The second-order valence-electron chi connectivity index (χ2n) is 3.31. The molecule has 5 heteroatoms. The van der Waals surface area contributed by atoms with Crippen molar-refractivity contribution in [1.29, 1.82) is 0 Å². The summed E-state index contributed by atoms with van der Waals surface area (Å²) in [6, 6.07) is 6.07. The van der Waals surface area contributed by atoms with Gasteiger partial charge in [0.2, 0.25) is 0 Å². The van der Waals surface area contributed by atoms with Gasteiger partial charge < -0.3 is 5.32 Å². The van der Waals surface area contributed by atoms with Crippen molar-refractivity contribution in [3.8, 4) is 0 Å². The van der Waals surface area contributed by atoms with Crippen molar-refractivity contribution in [2.75, 3.05) is 5.32 Å². The zero-order valence-corrected chi connectivity index (χ0v) is 11.7. The molecule has 0 unspecified atom stereocenters. The van der Waals surface area contributed by atoms with E-state index in [-0.39, 0.29) is 0 Å². The SMILES string of the molecule is Cc1ccc(Nc2ncncc2Br)cc1Br. The molecule has 1 aromatic carbocycles. The predicted molar refractivity (Wildman–Crippen MR) is 71.9 cm³/mol. The average Bonchev–Trinajstić information content (AvgIpc) is 2.27. The maximum absolute atomic E-state index is 4.14. The second kappa shape index (κ2) is 4.93. The Hall–Kier alpha value is -0.940. The van der Waals surface area contributed by atoms with E-state index in [1.54, 1.807) is 6.20 Å². The van der Waals surface area contributed by atoms with Gasteiger partial charge in [-0.05, 0) is 40.5 Å². The number of rotatable bonds is 2. The zero-order valence-electron chi connectivity index (χ0n) is 8.54. The van der Waals surface area contributed by atoms with Gasteiger partial charge in [-0.1, -0.05) is 22.0 Å². The monoisotopic (exact) mass is 341 g/mol. The van der Waals surface area contributed by atoms with Crippen LogP contribution in [-0.2, 0) is 0 Å². The molecule has 0 atom stereocenters. The number of aromatic nitrogens is 2. The Morgan fingerprint density at radius 1 is 1.19 bits per heavy atom. The topological polar surface area (TPSA) is 37.8 Å². The van der Waals surface area contributed by atoms with E-state index < -0.39 is 0 Å². The number of aryl methyl sites for hydroxylation is 1. The van der Waals surface area contributed by atoms with Crippen LogP contribution in [0.2, 0.25) is 0 Å². The van der Waals surface area contributed by atoms with Gasteiger partial charge in [-0.15, -0.1) is 0 Å².